The molecule has 110 valence electrons. The summed E-state index contributed by atoms with van der Waals surface area (Å²) >= 11 is 3.50. The molecule has 5 heteroatoms. The Morgan fingerprint density at radius 1 is 1.30 bits per heavy atom. The SMILES string of the molecule is CCOC(OCC)C1Cc2c(Br)ccc(OC)c2C1=O. The highest BCUT2D eigenvalue weighted by atomic mass is 79.9. The average Bonchev–Trinajstić information content (AvgIpc) is 2.78. The van der Waals surface area contributed by atoms with Crippen LogP contribution in [0, 0.1) is 5.92 Å². The molecule has 0 N–H and O–H groups in total. The van der Waals surface area contributed by atoms with Gasteiger partial charge in [0.25, 0.3) is 0 Å². The van der Waals surface area contributed by atoms with E-state index in [2.05, 4.69) is 15.9 Å². The third-order valence-electron chi connectivity index (χ3n) is 3.44. The fourth-order valence-electron chi connectivity index (χ4n) is 2.57. The zero-order valence-electron chi connectivity index (χ0n) is 11.9. The second-order valence-corrected chi connectivity index (χ2v) is 5.41. The van der Waals surface area contributed by atoms with Crippen molar-refractivity contribution >= 4 is 21.7 Å². The second kappa shape index (κ2) is 6.70. The number of halogens is 1. The second-order valence-electron chi connectivity index (χ2n) is 4.56. The van der Waals surface area contributed by atoms with Crippen LogP contribution in [0.2, 0.25) is 0 Å². The van der Waals surface area contributed by atoms with Crippen LogP contribution in [0.1, 0.15) is 29.8 Å². The standard InChI is InChI=1S/C15H19BrO4/c1-4-19-15(20-5-2)10-8-9-11(16)6-7-12(18-3)13(9)14(10)17/h6-7,10,15H,4-5,8H2,1-3H3. The Bertz CT molecular complexity index is 495. The molecule has 1 aliphatic rings. The van der Waals surface area contributed by atoms with Crippen molar-refractivity contribution in [2.24, 2.45) is 5.92 Å². The van der Waals surface area contributed by atoms with Crippen molar-refractivity contribution in [1.29, 1.82) is 0 Å². The molecule has 2 rings (SSSR count). The van der Waals surface area contributed by atoms with Gasteiger partial charge in [-0.25, -0.2) is 0 Å². The van der Waals surface area contributed by atoms with Crippen LogP contribution in [0.25, 0.3) is 0 Å². The molecule has 0 saturated heterocycles. The highest BCUT2D eigenvalue weighted by Gasteiger charge is 2.40. The summed E-state index contributed by atoms with van der Waals surface area (Å²) in [5, 5.41) is 0. The molecule has 4 nitrogen and oxygen atoms in total. The summed E-state index contributed by atoms with van der Waals surface area (Å²) in [6, 6.07) is 3.71. The predicted octanol–water partition coefficient (Wildman–Crippen LogP) is 3.21. The van der Waals surface area contributed by atoms with Crippen LogP contribution in [0.5, 0.6) is 5.75 Å². The van der Waals surface area contributed by atoms with E-state index in [9.17, 15) is 4.79 Å². The predicted molar refractivity (Wildman–Crippen MR) is 79.3 cm³/mol. The molecule has 0 radical (unpaired) electrons. The lowest BCUT2D eigenvalue weighted by Crippen LogP contribution is -2.31. The number of ether oxygens (including phenoxy) is 3. The first-order valence-corrected chi connectivity index (χ1v) is 7.56. The molecule has 1 aromatic rings. The number of Topliss-reactive ketones (excluding diaryl/α,β-unsaturated/α-hetero) is 1. The Morgan fingerprint density at radius 3 is 2.50 bits per heavy atom. The lowest BCUT2D eigenvalue weighted by Gasteiger charge is -2.21. The maximum absolute atomic E-state index is 12.7. The maximum atomic E-state index is 12.7. The Balaban J connectivity index is 2.34. The number of methoxy groups -OCH3 is 1. The molecule has 0 aliphatic heterocycles. The van der Waals surface area contributed by atoms with Crippen LogP contribution in [-0.4, -0.2) is 32.4 Å². The van der Waals surface area contributed by atoms with Gasteiger partial charge in [-0.2, -0.15) is 0 Å². The van der Waals surface area contributed by atoms with Crippen LogP contribution < -0.4 is 4.74 Å². The first-order chi connectivity index (χ1) is 9.63. The van der Waals surface area contributed by atoms with Crippen LogP contribution in [0.15, 0.2) is 16.6 Å². The summed E-state index contributed by atoms with van der Waals surface area (Å²) in [6.07, 6.45) is 0.109. The van der Waals surface area contributed by atoms with Crippen molar-refractivity contribution in [2.45, 2.75) is 26.6 Å². The van der Waals surface area contributed by atoms with Gasteiger partial charge in [0.1, 0.15) is 5.75 Å². The van der Waals surface area contributed by atoms with E-state index in [4.69, 9.17) is 14.2 Å². The van der Waals surface area contributed by atoms with E-state index >= 15 is 0 Å². The van der Waals surface area contributed by atoms with Crippen molar-refractivity contribution < 1.29 is 19.0 Å². The fourth-order valence-corrected chi connectivity index (χ4v) is 3.06. The van der Waals surface area contributed by atoms with E-state index in [1.807, 2.05) is 19.9 Å². The minimum atomic E-state index is -0.499. The van der Waals surface area contributed by atoms with Gasteiger partial charge in [0.2, 0.25) is 0 Å². The third kappa shape index (κ3) is 2.75. The molecule has 0 aromatic heterocycles. The Labute approximate surface area is 127 Å². The van der Waals surface area contributed by atoms with Crippen molar-refractivity contribution in [3.63, 3.8) is 0 Å². The third-order valence-corrected chi connectivity index (χ3v) is 4.18. The summed E-state index contributed by atoms with van der Waals surface area (Å²) in [4.78, 5) is 12.7. The smallest absolute Gasteiger partial charge is 0.175 e. The van der Waals surface area contributed by atoms with Crippen molar-refractivity contribution in [1.82, 2.24) is 0 Å². The number of carbonyl (C=O) groups excluding carboxylic acids is 1. The van der Waals surface area contributed by atoms with Gasteiger partial charge in [0.15, 0.2) is 12.1 Å². The molecule has 1 aliphatic carbocycles. The van der Waals surface area contributed by atoms with Crippen LogP contribution >= 0.6 is 15.9 Å². The first-order valence-electron chi connectivity index (χ1n) is 6.76. The molecule has 0 bridgehead atoms. The lowest BCUT2D eigenvalue weighted by atomic mass is 10.0. The molecular weight excluding hydrogens is 324 g/mol. The van der Waals surface area contributed by atoms with Gasteiger partial charge in [-0.15, -0.1) is 0 Å². The van der Waals surface area contributed by atoms with E-state index in [1.54, 1.807) is 13.2 Å². The van der Waals surface area contributed by atoms with E-state index in [1.165, 1.54) is 0 Å². The molecule has 0 heterocycles. The minimum Gasteiger partial charge on any atom is -0.496 e. The monoisotopic (exact) mass is 342 g/mol. The number of hydrogen-bond acceptors (Lipinski definition) is 4. The van der Waals surface area contributed by atoms with Crippen molar-refractivity contribution in [2.75, 3.05) is 20.3 Å². The molecule has 0 saturated carbocycles. The minimum absolute atomic E-state index is 0.0325. The van der Waals surface area contributed by atoms with Gasteiger partial charge in [0.05, 0.1) is 18.6 Å². The number of fused-ring (bicyclic) bond motifs is 1. The van der Waals surface area contributed by atoms with Gasteiger partial charge >= 0.3 is 0 Å². The molecule has 1 unspecified atom stereocenters. The summed E-state index contributed by atoms with van der Waals surface area (Å²) in [6.45, 7) is 4.83. The van der Waals surface area contributed by atoms with Crippen molar-refractivity contribution in [3.8, 4) is 5.75 Å². The molecule has 0 spiro atoms. The van der Waals surface area contributed by atoms with Crippen LogP contribution in [-0.2, 0) is 15.9 Å². The van der Waals surface area contributed by atoms with E-state index in [-0.39, 0.29) is 11.7 Å². The average molecular weight is 343 g/mol. The largest absolute Gasteiger partial charge is 0.496 e. The quantitative estimate of drug-likeness (QED) is 0.744. The Hall–Kier alpha value is -0.910. The van der Waals surface area contributed by atoms with Crippen LogP contribution in [0.3, 0.4) is 0 Å². The molecule has 20 heavy (non-hydrogen) atoms. The van der Waals surface area contributed by atoms with Crippen molar-refractivity contribution in [3.05, 3.63) is 27.7 Å². The molecule has 1 atom stereocenters. The van der Waals surface area contributed by atoms with Gasteiger partial charge in [-0.3, -0.25) is 4.79 Å². The summed E-state index contributed by atoms with van der Waals surface area (Å²) in [5.41, 5.74) is 1.63. The highest BCUT2D eigenvalue weighted by molar-refractivity contribution is 9.10. The topological polar surface area (TPSA) is 44.8 Å². The fraction of sp³-hybridized carbons (Fsp3) is 0.533. The summed E-state index contributed by atoms with van der Waals surface area (Å²) in [7, 11) is 1.58. The van der Waals surface area contributed by atoms with E-state index < -0.39 is 6.29 Å². The van der Waals surface area contributed by atoms with E-state index in [0.29, 0.717) is 30.9 Å². The zero-order chi connectivity index (χ0) is 14.7. The number of hydrogen-bond donors (Lipinski definition) is 0. The van der Waals surface area contributed by atoms with Gasteiger partial charge < -0.3 is 14.2 Å². The zero-order valence-corrected chi connectivity index (χ0v) is 13.5. The number of carbonyl (C=O) groups is 1. The van der Waals surface area contributed by atoms with Gasteiger partial charge in [-0.05, 0) is 38.0 Å². The lowest BCUT2D eigenvalue weighted by molar-refractivity contribution is -0.156. The number of ketones is 1. The van der Waals surface area contributed by atoms with Crippen LogP contribution in [0.4, 0.5) is 0 Å². The summed E-state index contributed by atoms with van der Waals surface area (Å²) in [5.74, 6) is 0.338. The Morgan fingerprint density at radius 2 is 1.95 bits per heavy atom. The van der Waals surface area contributed by atoms with E-state index in [0.717, 1.165) is 10.0 Å². The number of benzene rings is 1. The normalized spacial score (nSPS) is 17.6. The molecular formula is C15H19BrO4. The first kappa shape index (κ1) is 15.5. The van der Waals surface area contributed by atoms with Gasteiger partial charge in [-0.1, -0.05) is 15.9 Å². The van der Waals surface area contributed by atoms with Gasteiger partial charge in [0, 0.05) is 17.7 Å². The number of rotatable bonds is 6. The summed E-state index contributed by atoms with van der Waals surface area (Å²) < 4.78 is 17.4. The molecule has 1 aromatic carbocycles. The maximum Gasteiger partial charge on any atom is 0.175 e. The Kier molecular flexibility index (Phi) is 5.18. The molecule has 0 fully saturated rings. The highest BCUT2D eigenvalue weighted by Crippen LogP contribution is 2.40. The molecule has 0 amide bonds.